The first-order valence-corrected chi connectivity index (χ1v) is 7.14. The maximum absolute atomic E-state index is 6.23. The van der Waals surface area contributed by atoms with E-state index in [-0.39, 0.29) is 0 Å². The zero-order valence-electron chi connectivity index (χ0n) is 11.9. The molecule has 19 heavy (non-hydrogen) atoms. The van der Waals surface area contributed by atoms with Crippen LogP contribution < -0.4 is 15.4 Å². The molecule has 1 aromatic carbocycles. The molecular weight excluding hydrogens is 240 g/mol. The first-order valence-electron chi connectivity index (χ1n) is 7.14. The van der Waals surface area contributed by atoms with Crippen LogP contribution in [0.15, 0.2) is 18.2 Å². The largest absolute Gasteiger partial charge is 0.491 e. The standard InChI is InChI=1S/C15H24N2O2/c1-3-9-19-14-7-5-6-13(15(14)16)17-8-10-18-12(4-2)11-17/h5-7,12H,3-4,8-11,16H2,1-2H3. The Labute approximate surface area is 115 Å². The zero-order chi connectivity index (χ0) is 13.7. The molecule has 1 saturated heterocycles. The SMILES string of the molecule is CCCOc1cccc(N2CCOC(CC)C2)c1N. The minimum Gasteiger partial charge on any atom is -0.491 e. The molecule has 4 nitrogen and oxygen atoms in total. The second-order valence-electron chi connectivity index (χ2n) is 4.88. The Kier molecular flexibility index (Phi) is 4.91. The topological polar surface area (TPSA) is 47.7 Å². The summed E-state index contributed by atoms with van der Waals surface area (Å²) in [5.74, 6) is 0.791. The van der Waals surface area contributed by atoms with Crippen molar-refractivity contribution in [3.8, 4) is 5.75 Å². The second kappa shape index (κ2) is 6.66. The Bertz CT molecular complexity index is 409. The summed E-state index contributed by atoms with van der Waals surface area (Å²) in [6.45, 7) is 7.49. The predicted molar refractivity (Wildman–Crippen MR) is 78.9 cm³/mol. The highest BCUT2D eigenvalue weighted by atomic mass is 16.5. The lowest BCUT2D eigenvalue weighted by atomic mass is 10.1. The van der Waals surface area contributed by atoms with Crippen molar-refractivity contribution in [1.82, 2.24) is 0 Å². The zero-order valence-corrected chi connectivity index (χ0v) is 11.9. The van der Waals surface area contributed by atoms with Gasteiger partial charge in [0.2, 0.25) is 0 Å². The fourth-order valence-electron chi connectivity index (χ4n) is 2.33. The molecule has 0 aromatic heterocycles. The number of benzene rings is 1. The van der Waals surface area contributed by atoms with Crippen molar-refractivity contribution in [2.45, 2.75) is 32.8 Å². The van der Waals surface area contributed by atoms with E-state index in [1.54, 1.807) is 0 Å². The minimum atomic E-state index is 0.299. The number of ether oxygens (including phenoxy) is 2. The van der Waals surface area contributed by atoms with Crippen LogP contribution in [0.4, 0.5) is 11.4 Å². The van der Waals surface area contributed by atoms with E-state index in [0.717, 1.165) is 49.7 Å². The highest BCUT2D eigenvalue weighted by Gasteiger charge is 2.21. The highest BCUT2D eigenvalue weighted by molar-refractivity contribution is 5.74. The molecule has 1 aromatic rings. The summed E-state index contributed by atoms with van der Waals surface area (Å²) in [6.07, 6.45) is 2.31. The van der Waals surface area contributed by atoms with Crippen molar-refractivity contribution in [2.24, 2.45) is 0 Å². The lowest BCUT2D eigenvalue weighted by Gasteiger charge is -2.35. The summed E-state index contributed by atoms with van der Waals surface area (Å²) in [7, 11) is 0. The third-order valence-electron chi connectivity index (χ3n) is 3.44. The van der Waals surface area contributed by atoms with Crippen molar-refractivity contribution in [3.05, 3.63) is 18.2 Å². The molecule has 0 bridgehead atoms. The molecule has 2 rings (SSSR count). The van der Waals surface area contributed by atoms with Gasteiger partial charge in [0.25, 0.3) is 0 Å². The van der Waals surface area contributed by atoms with Gasteiger partial charge in [-0.2, -0.15) is 0 Å². The lowest BCUT2D eigenvalue weighted by molar-refractivity contribution is 0.0385. The average Bonchev–Trinajstić information content (AvgIpc) is 2.46. The fraction of sp³-hybridized carbons (Fsp3) is 0.600. The van der Waals surface area contributed by atoms with Crippen LogP contribution in [0.5, 0.6) is 5.75 Å². The van der Waals surface area contributed by atoms with E-state index in [4.69, 9.17) is 15.2 Å². The quantitative estimate of drug-likeness (QED) is 0.831. The molecule has 0 aliphatic carbocycles. The fourth-order valence-corrected chi connectivity index (χ4v) is 2.33. The summed E-state index contributed by atoms with van der Waals surface area (Å²) in [6, 6.07) is 6.01. The maximum Gasteiger partial charge on any atom is 0.144 e. The maximum atomic E-state index is 6.23. The molecule has 2 N–H and O–H groups in total. The van der Waals surface area contributed by atoms with E-state index in [0.29, 0.717) is 12.7 Å². The number of hydrogen-bond donors (Lipinski definition) is 1. The Morgan fingerprint density at radius 3 is 3.00 bits per heavy atom. The number of hydrogen-bond acceptors (Lipinski definition) is 4. The van der Waals surface area contributed by atoms with Crippen LogP contribution in [-0.2, 0) is 4.74 Å². The van der Waals surface area contributed by atoms with Crippen LogP contribution in [0.3, 0.4) is 0 Å². The van der Waals surface area contributed by atoms with E-state index in [9.17, 15) is 0 Å². The van der Waals surface area contributed by atoms with Gasteiger partial charge >= 0.3 is 0 Å². The van der Waals surface area contributed by atoms with Crippen LogP contribution in [0.25, 0.3) is 0 Å². The average molecular weight is 264 g/mol. The number of nitrogen functional groups attached to an aromatic ring is 1. The summed E-state index contributed by atoms with van der Waals surface area (Å²) >= 11 is 0. The van der Waals surface area contributed by atoms with E-state index in [1.165, 1.54) is 0 Å². The lowest BCUT2D eigenvalue weighted by Crippen LogP contribution is -2.42. The van der Waals surface area contributed by atoms with Crippen molar-refractivity contribution in [1.29, 1.82) is 0 Å². The Hall–Kier alpha value is -1.42. The van der Waals surface area contributed by atoms with Gasteiger partial charge in [-0.25, -0.2) is 0 Å². The Morgan fingerprint density at radius 1 is 1.42 bits per heavy atom. The monoisotopic (exact) mass is 264 g/mol. The molecule has 0 saturated carbocycles. The van der Waals surface area contributed by atoms with Gasteiger partial charge in [0, 0.05) is 13.1 Å². The molecule has 0 radical (unpaired) electrons. The molecule has 0 spiro atoms. The third kappa shape index (κ3) is 3.32. The van der Waals surface area contributed by atoms with Gasteiger partial charge in [0.1, 0.15) is 5.75 Å². The van der Waals surface area contributed by atoms with Crippen LogP contribution in [0.2, 0.25) is 0 Å². The number of rotatable bonds is 5. The van der Waals surface area contributed by atoms with E-state index < -0.39 is 0 Å². The number of nitrogens with two attached hydrogens (primary N) is 1. The van der Waals surface area contributed by atoms with Gasteiger partial charge < -0.3 is 20.1 Å². The molecule has 4 heteroatoms. The van der Waals surface area contributed by atoms with Crippen molar-refractivity contribution in [2.75, 3.05) is 36.9 Å². The van der Waals surface area contributed by atoms with Crippen molar-refractivity contribution >= 4 is 11.4 Å². The molecule has 0 amide bonds. The molecule has 1 unspecified atom stereocenters. The number of morpholine rings is 1. The summed E-state index contributed by atoms with van der Waals surface area (Å²) in [5.41, 5.74) is 8.04. The summed E-state index contributed by atoms with van der Waals surface area (Å²) < 4.78 is 11.4. The minimum absolute atomic E-state index is 0.299. The van der Waals surface area contributed by atoms with Crippen molar-refractivity contribution < 1.29 is 9.47 Å². The Balaban J connectivity index is 2.14. The Morgan fingerprint density at radius 2 is 2.26 bits per heavy atom. The smallest absolute Gasteiger partial charge is 0.144 e. The third-order valence-corrected chi connectivity index (χ3v) is 3.44. The summed E-state index contributed by atoms with van der Waals surface area (Å²) in [4.78, 5) is 2.30. The predicted octanol–water partition coefficient (Wildman–Crippen LogP) is 2.67. The van der Waals surface area contributed by atoms with Crippen LogP contribution in [0.1, 0.15) is 26.7 Å². The molecule has 1 aliphatic rings. The molecular formula is C15H24N2O2. The molecule has 1 heterocycles. The molecule has 1 fully saturated rings. The summed E-state index contributed by atoms with van der Waals surface area (Å²) in [5, 5.41) is 0. The first-order chi connectivity index (χ1) is 9.26. The molecule has 1 atom stereocenters. The van der Waals surface area contributed by atoms with Gasteiger partial charge in [-0.05, 0) is 25.0 Å². The van der Waals surface area contributed by atoms with Gasteiger partial charge in [0.05, 0.1) is 30.7 Å². The number of para-hydroxylation sites is 1. The normalized spacial score (nSPS) is 19.5. The molecule has 1 aliphatic heterocycles. The van der Waals surface area contributed by atoms with Gasteiger partial charge in [0.15, 0.2) is 0 Å². The highest BCUT2D eigenvalue weighted by Crippen LogP contribution is 2.33. The van der Waals surface area contributed by atoms with Crippen LogP contribution >= 0.6 is 0 Å². The van der Waals surface area contributed by atoms with Crippen molar-refractivity contribution in [3.63, 3.8) is 0 Å². The van der Waals surface area contributed by atoms with E-state index in [1.807, 2.05) is 12.1 Å². The number of anilines is 2. The molecule has 106 valence electrons. The van der Waals surface area contributed by atoms with Crippen LogP contribution in [-0.4, -0.2) is 32.4 Å². The second-order valence-corrected chi connectivity index (χ2v) is 4.88. The first kappa shape index (κ1) is 14.0. The van der Waals surface area contributed by atoms with E-state index >= 15 is 0 Å². The number of nitrogens with zero attached hydrogens (tertiary/aromatic N) is 1. The van der Waals surface area contributed by atoms with Gasteiger partial charge in [-0.1, -0.05) is 19.9 Å². The van der Waals surface area contributed by atoms with Gasteiger partial charge in [-0.15, -0.1) is 0 Å². The van der Waals surface area contributed by atoms with Gasteiger partial charge in [-0.3, -0.25) is 0 Å². The van der Waals surface area contributed by atoms with Crippen LogP contribution in [0, 0.1) is 0 Å². The van der Waals surface area contributed by atoms with E-state index in [2.05, 4.69) is 24.8 Å².